The van der Waals surface area contributed by atoms with Gasteiger partial charge in [0.05, 0.1) is 6.04 Å². The average molecular weight is 289 g/mol. The fourth-order valence-electron chi connectivity index (χ4n) is 2.49. The third-order valence-electron chi connectivity index (χ3n) is 4.07. The number of carboxylic acids is 1. The van der Waals surface area contributed by atoms with Gasteiger partial charge in [0.2, 0.25) is 5.91 Å². The van der Waals surface area contributed by atoms with Crippen molar-refractivity contribution in [3.63, 3.8) is 0 Å². The molecular weight excluding hydrogens is 266 g/mol. The molecule has 0 aromatic heterocycles. The molecule has 0 aliphatic heterocycles. The normalized spacial score (nSPS) is 17.3. The Morgan fingerprint density at radius 1 is 1.19 bits per heavy atom. The molecule has 21 heavy (non-hydrogen) atoms. The Morgan fingerprint density at radius 2 is 1.76 bits per heavy atom. The number of carboxylic acid groups (broad SMARTS) is 1. The van der Waals surface area contributed by atoms with Gasteiger partial charge in [-0.1, -0.05) is 38.1 Å². The SMILES string of the molecule is CC(C)Cc1ccc(C(C)NC(=O)C2(C(=O)O)CC2)cc1. The molecule has 1 aromatic carbocycles. The Labute approximate surface area is 125 Å². The molecule has 1 aliphatic rings. The zero-order valence-electron chi connectivity index (χ0n) is 12.8. The van der Waals surface area contributed by atoms with E-state index in [0.29, 0.717) is 18.8 Å². The first kappa shape index (κ1) is 15.5. The van der Waals surface area contributed by atoms with Gasteiger partial charge in [-0.05, 0) is 43.2 Å². The molecule has 0 saturated heterocycles. The summed E-state index contributed by atoms with van der Waals surface area (Å²) in [5.41, 5.74) is 1.10. The highest BCUT2D eigenvalue weighted by Crippen LogP contribution is 2.46. The molecule has 1 amide bonds. The molecule has 2 rings (SSSR count). The molecule has 1 saturated carbocycles. The smallest absolute Gasteiger partial charge is 0.319 e. The van der Waals surface area contributed by atoms with Gasteiger partial charge in [0.1, 0.15) is 5.41 Å². The van der Waals surface area contributed by atoms with Crippen LogP contribution in [0.1, 0.15) is 50.8 Å². The number of nitrogens with one attached hydrogen (secondary N) is 1. The van der Waals surface area contributed by atoms with E-state index >= 15 is 0 Å². The summed E-state index contributed by atoms with van der Waals surface area (Å²) in [6.45, 7) is 6.24. The predicted octanol–water partition coefficient (Wildman–Crippen LogP) is 2.93. The third kappa shape index (κ3) is 3.43. The minimum atomic E-state index is -1.17. The zero-order chi connectivity index (χ0) is 15.6. The highest BCUT2D eigenvalue weighted by Gasteiger charge is 2.57. The van der Waals surface area contributed by atoms with E-state index in [9.17, 15) is 9.59 Å². The van der Waals surface area contributed by atoms with E-state index in [1.54, 1.807) is 0 Å². The van der Waals surface area contributed by atoms with Gasteiger partial charge in [-0.25, -0.2) is 0 Å². The largest absolute Gasteiger partial charge is 0.480 e. The summed E-state index contributed by atoms with van der Waals surface area (Å²) in [6, 6.07) is 7.97. The number of aliphatic carboxylic acids is 1. The lowest BCUT2D eigenvalue weighted by atomic mass is 9.99. The van der Waals surface area contributed by atoms with E-state index < -0.39 is 11.4 Å². The fourth-order valence-corrected chi connectivity index (χ4v) is 2.49. The predicted molar refractivity (Wildman–Crippen MR) is 80.8 cm³/mol. The molecule has 1 unspecified atom stereocenters. The monoisotopic (exact) mass is 289 g/mol. The van der Waals surface area contributed by atoms with Crippen LogP contribution in [-0.4, -0.2) is 17.0 Å². The molecule has 0 radical (unpaired) electrons. The maximum atomic E-state index is 12.1. The van der Waals surface area contributed by atoms with Gasteiger partial charge < -0.3 is 10.4 Å². The minimum absolute atomic E-state index is 0.178. The van der Waals surface area contributed by atoms with Gasteiger partial charge in [0, 0.05) is 0 Å². The lowest BCUT2D eigenvalue weighted by molar-refractivity contribution is -0.149. The molecule has 0 spiro atoms. The van der Waals surface area contributed by atoms with Gasteiger partial charge >= 0.3 is 5.97 Å². The summed E-state index contributed by atoms with van der Waals surface area (Å²) in [7, 11) is 0. The van der Waals surface area contributed by atoms with Crippen molar-refractivity contribution in [2.24, 2.45) is 11.3 Å². The van der Waals surface area contributed by atoms with E-state index in [-0.39, 0.29) is 11.9 Å². The van der Waals surface area contributed by atoms with Gasteiger partial charge in [-0.2, -0.15) is 0 Å². The van der Waals surface area contributed by atoms with Crippen molar-refractivity contribution in [1.82, 2.24) is 5.32 Å². The number of carbonyl (C=O) groups excluding carboxylic acids is 1. The van der Waals surface area contributed by atoms with Crippen molar-refractivity contribution >= 4 is 11.9 Å². The Kier molecular flexibility index (Phi) is 4.35. The summed E-state index contributed by atoms with van der Waals surface area (Å²) >= 11 is 0. The summed E-state index contributed by atoms with van der Waals surface area (Å²) in [5, 5.41) is 11.9. The molecule has 2 N–H and O–H groups in total. The number of amides is 1. The quantitative estimate of drug-likeness (QED) is 0.791. The number of benzene rings is 1. The first-order chi connectivity index (χ1) is 9.85. The number of hydrogen-bond acceptors (Lipinski definition) is 2. The topological polar surface area (TPSA) is 66.4 Å². The van der Waals surface area contributed by atoms with E-state index in [1.165, 1.54) is 5.56 Å². The van der Waals surface area contributed by atoms with Crippen LogP contribution >= 0.6 is 0 Å². The van der Waals surface area contributed by atoms with Crippen LogP contribution in [0.15, 0.2) is 24.3 Å². The second kappa shape index (κ2) is 5.88. The molecule has 0 bridgehead atoms. The summed E-state index contributed by atoms with van der Waals surface area (Å²) in [5.74, 6) is -0.772. The summed E-state index contributed by atoms with van der Waals surface area (Å²) in [6.07, 6.45) is 1.91. The van der Waals surface area contributed by atoms with Crippen LogP contribution in [0.2, 0.25) is 0 Å². The van der Waals surface area contributed by atoms with Crippen molar-refractivity contribution < 1.29 is 14.7 Å². The number of hydrogen-bond donors (Lipinski definition) is 2. The van der Waals surface area contributed by atoms with E-state index in [0.717, 1.165) is 12.0 Å². The molecule has 4 nitrogen and oxygen atoms in total. The Bertz CT molecular complexity index is 529. The lowest BCUT2D eigenvalue weighted by Gasteiger charge is -2.18. The van der Waals surface area contributed by atoms with Gasteiger partial charge in [-0.3, -0.25) is 9.59 Å². The standard InChI is InChI=1S/C17H23NO3/c1-11(2)10-13-4-6-14(7-5-13)12(3)18-15(19)17(8-9-17)16(20)21/h4-7,11-12H,8-10H2,1-3H3,(H,18,19)(H,20,21). The van der Waals surface area contributed by atoms with Crippen LogP contribution in [0.25, 0.3) is 0 Å². The van der Waals surface area contributed by atoms with Gasteiger partial charge in [0.15, 0.2) is 0 Å². The fraction of sp³-hybridized carbons (Fsp3) is 0.529. The van der Waals surface area contributed by atoms with Crippen LogP contribution in [0.4, 0.5) is 0 Å². The highest BCUT2D eigenvalue weighted by molar-refractivity contribution is 6.04. The van der Waals surface area contributed by atoms with Crippen molar-refractivity contribution in [3.05, 3.63) is 35.4 Å². The zero-order valence-corrected chi connectivity index (χ0v) is 12.8. The number of rotatable bonds is 6. The third-order valence-corrected chi connectivity index (χ3v) is 4.07. The maximum Gasteiger partial charge on any atom is 0.319 e. The second-order valence-electron chi connectivity index (χ2n) is 6.42. The van der Waals surface area contributed by atoms with Gasteiger partial charge in [-0.15, -0.1) is 0 Å². The Hall–Kier alpha value is -1.84. The molecule has 114 valence electrons. The summed E-state index contributed by atoms with van der Waals surface area (Å²) in [4.78, 5) is 23.2. The van der Waals surface area contributed by atoms with Crippen LogP contribution < -0.4 is 5.32 Å². The van der Waals surface area contributed by atoms with Crippen molar-refractivity contribution in [2.45, 2.75) is 46.1 Å². The minimum Gasteiger partial charge on any atom is -0.480 e. The van der Waals surface area contributed by atoms with Crippen LogP contribution in [0.3, 0.4) is 0 Å². The van der Waals surface area contributed by atoms with Crippen LogP contribution in [0, 0.1) is 11.3 Å². The average Bonchev–Trinajstić information content (AvgIpc) is 3.20. The molecule has 0 heterocycles. The van der Waals surface area contributed by atoms with Crippen molar-refractivity contribution in [3.8, 4) is 0 Å². The molecule has 1 aliphatic carbocycles. The molecule has 1 aromatic rings. The van der Waals surface area contributed by atoms with E-state index in [1.807, 2.05) is 19.1 Å². The van der Waals surface area contributed by atoms with Crippen LogP contribution in [-0.2, 0) is 16.0 Å². The van der Waals surface area contributed by atoms with E-state index in [4.69, 9.17) is 5.11 Å². The van der Waals surface area contributed by atoms with Crippen molar-refractivity contribution in [2.75, 3.05) is 0 Å². The van der Waals surface area contributed by atoms with Crippen molar-refractivity contribution in [1.29, 1.82) is 0 Å². The molecule has 1 fully saturated rings. The first-order valence-corrected chi connectivity index (χ1v) is 7.48. The van der Waals surface area contributed by atoms with E-state index in [2.05, 4.69) is 31.3 Å². The highest BCUT2D eigenvalue weighted by atomic mass is 16.4. The molecule has 4 heteroatoms. The first-order valence-electron chi connectivity index (χ1n) is 7.48. The van der Waals surface area contributed by atoms with Crippen LogP contribution in [0.5, 0.6) is 0 Å². The van der Waals surface area contributed by atoms with Gasteiger partial charge in [0.25, 0.3) is 0 Å². The Morgan fingerprint density at radius 3 is 2.19 bits per heavy atom. The molecular formula is C17H23NO3. The Balaban J connectivity index is 1.99. The number of carbonyl (C=O) groups is 2. The maximum absolute atomic E-state index is 12.1. The lowest BCUT2D eigenvalue weighted by Crippen LogP contribution is -2.38. The summed E-state index contributed by atoms with van der Waals surface area (Å²) < 4.78 is 0. The molecule has 1 atom stereocenters. The second-order valence-corrected chi connectivity index (χ2v) is 6.42.